The average Bonchev–Trinajstić information content (AvgIpc) is 3.26. The van der Waals surface area contributed by atoms with Crippen molar-refractivity contribution in [3.8, 4) is 11.5 Å². The van der Waals surface area contributed by atoms with Crippen molar-refractivity contribution >= 4 is 34.2 Å². The third-order valence-electron chi connectivity index (χ3n) is 5.38. The highest BCUT2D eigenvalue weighted by Gasteiger charge is 2.22. The van der Waals surface area contributed by atoms with E-state index in [2.05, 4.69) is 20.3 Å². The van der Waals surface area contributed by atoms with E-state index in [9.17, 15) is 4.79 Å². The van der Waals surface area contributed by atoms with E-state index in [0.717, 1.165) is 19.4 Å². The highest BCUT2D eigenvalue weighted by Crippen LogP contribution is 2.31. The SMILES string of the molecule is O=C(c1ccc(Oc2ccccc2)cc1Cl)c1c[nH]c2ncnc(N[C@@H]3CCCOC3)c12. The number of ketones is 1. The summed E-state index contributed by atoms with van der Waals surface area (Å²) in [6, 6.07) is 14.6. The van der Waals surface area contributed by atoms with Crippen LogP contribution in [-0.4, -0.2) is 40.0 Å². The molecule has 1 aliphatic heterocycles. The van der Waals surface area contributed by atoms with Crippen LogP contribution in [0.5, 0.6) is 11.5 Å². The molecule has 0 amide bonds. The number of halogens is 1. The number of ether oxygens (including phenoxy) is 2. The van der Waals surface area contributed by atoms with Crippen LogP contribution < -0.4 is 10.1 Å². The summed E-state index contributed by atoms with van der Waals surface area (Å²) in [5.74, 6) is 1.64. The van der Waals surface area contributed by atoms with E-state index >= 15 is 0 Å². The first-order valence-corrected chi connectivity index (χ1v) is 10.8. The minimum absolute atomic E-state index is 0.137. The number of rotatable bonds is 6. The van der Waals surface area contributed by atoms with Crippen LogP contribution in [-0.2, 0) is 4.74 Å². The fraction of sp³-hybridized carbons (Fsp3) is 0.208. The van der Waals surface area contributed by atoms with E-state index in [1.165, 1.54) is 6.33 Å². The number of para-hydroxylation sites is 1. The molecule has 4 aromatic rings. The minimum atomic E-state index is -0.217. The second-order valence-electron chi connectivity index (χ2n) is 7.59. The second-order valence-corrected chi connectivity index (χ2v) is 8.00. The standard InChI is InChI=1S/C24H21ClN4O3/c25-20-11-17(32-16-6-2-1-3-7-16)8-9-18(20)22(30)19-12-26-23-21(19)24(28-14-27-23)29-15-5-4-10-31-13-15/h1-3,6-9,11-12,14-15H,4-5,10,13H2,(H2,26,27,28,29)/t15-/m1/s1. The Morgan fingerprint density at radius 3 is 2.78 bits per heavy atom. The number of nitrogens with zero attached hydrogens (tertiary/aromatic N) is 2. The Balaban J connectivity index is 1.44. The number of hydrogen-bond donors (Lipinski definition) is 2. The van der Waals surface area contributed by atoms with Crippen molar-refractivity contribution in [3.63, 3.8) is 0 Å². The molecule has 0 aliphatic carbocycles. The van der Waals surface area contributed by atoms with Crippen LogP contribution in [0.4, 0.5) is 5.82 Å². The lowest BCUT2D eigenvalue weighted by Crippen LogP contribution is -2.30. The number of carbonyl (C=O) groups excluding carboxylic acids is 1. The van der Waals surface area contributed by atoms with Gasteiger partial charge in [-0.2, -0.15) is 0 Å². The Morgan fingerprint density at radius 1 is 1.12 bits per heavy atom. The van der Waals surface area contributed by atoms with Gasteiger partial charge >= 0.3 is 0 Å². The molecule has 8 heteroatoms. The number of aromatic nitrogens is 3. The van der Waals surface area contributed by atoms with E-state index in [1.54, 1.807) is 24.4 Å². The van der Waals surface area contributed by atoms with Crippen molar-refractivity contribution in [2.75, 3.05) is 18.5 Å². The molecule has 3 heterocycles. The highest BCUT2D eigenvalue weighted by molar-refractivity contribution is 6.35. The molecular weight excluding hydrogens is 428 g/mol. The van der Waals surface area contributed by atoms with Crippen LogP contribution in [0.15, 0.2) is 61.1 Å². The minimum Gasteiger partial charge on any atom is -0.457 e. The maximum Gasteiger partial charge on any atom is 0.196 e. The maximum absolute atomic E-state index is 13.4. The van der Waals surface area contributed by atoms with Gasteiger partial charge in [0.1, 0.15) is 29.3 Å². The summed E-state index contributed by atoms with van der Waals surface area (Å²) >= 11 is 6.48. The summed E-state index contributed by atoms with van der Waals surface area (Å²) in [4.78, 5) is 25.1. The molecule has 1 saturated heterocycles. The number of H-pyrrole nitrogens is 1. The average molecular weight is 449 g/mol. The number of fused-ring (bicyclic) bond motifs is 1. The van der Waals surface area contributed by atoms with Gasteiger partial charge in [0.15, 0.2) is 5.78 Å². The quantitative estimate of drug-likeness (QED) is 0.393. The summed E-state index contributed by atoms with van der Waals surface area (Å²) in [6.07, 6.45) is 5.09. The molecule has 0 bridgehead atoms. The van der Waals surface area contributed by atoms with Gasteiger partial charge in [-0.1, -0.05) is 29.8 Å². The van der Waals surface area contributed by atoms with E-state index < -0.39 is 0 Å². The first-order chi connectivity index (χ1) is 15.7. The molecule has 1 atom stereocenters. The van der Waals surface area contributed by atoms with Gasteiger partial charge in [0.05, 0.1) is 28.6 Å². The van der Waals surface area contributed by atoms with Crippen molar-refractivity contribution in [3.05, 3.63) is 77.2 Å². The molecule has 162 valence electrons. The van der Waals surface area contributed by atoms with Gasteiger partial charge in [-0.25, -0.2) is 9.97 Å². The number of aromatic amines is 1. The van der Waals surface area contributed by atoms with Crippen LogP contribution in [0.3, 0.4) is 0 Å². The lowest BCUT2D eigenvalue weighted by atomic mass is 10.0. The third kappa shape index (κ3) is 4.17. The fourth-order valence-corrected chi connectivity index (χ4v) is 4.07. The molecule has 7 nitrogen and oxygen atoms in total. The summed E-state index contributed by atoms with van der Waals surface area (Å²) in [7, 11) is 0. The van der Waals surface area contributed by atoms with E-state index in [-0.39, 0.29) is 11.8 Å². The van der Waals surface area contributed by atoms with Gasteiger partial charge in [-0.15, -0.1) is 0 Å². The molecule has 0 spiro atoms. The molecule has 5 rings (SSSR count). The number of nitrogens with one attached hydrogen (secondary N) is 2. The van der Waals surface area contributed by atoms with Gasteiger partial charge in [-0.3, -0.25) is 4.79 Å². The van der Waals surface area contributed by atoms with Crippen LogP contribution >= 0.6 is 11.6 Å². The Labute approximate surface area is 189 Å². The molecule has 2 N–H and O–H groups in total. The van der Waals surface area contributed by atoms with Crippen LogP contribution in [0, 0.1) is 0 Å². The topological polar surface area (TPSA) is 89.1 Å². The molecule has 32 heavy (non-hydrogen) atoms. The fourth-order valence-electron chi connectivity index (χ4n) is 3.81. The van der Waals surface area contributed by atoms with Gasteiger partial charge in [-0.05, 0) is 37.1 Å². The Bertz CT molecular complexity index is 1250. The molecule has 1 fully saturated rings. The van der Waals surface area contributed by atoms with Crippen LogP contribution in [0.2, 0.25) is 5.02 Å². The van der Waals surface area contributed by atoms with Crippen LogP contribution in [0.25, 0.3) is 11.0 Å². The summed E-state index contributed by atoms with van der Waals surface area (Å²) < 4.78 is 11.4. The maximum atomic E-state index is 13.4. The Kier molecular flexibility index (Phi) is 5.75. The Hall–Kier alpha value is -3.42. The molecule has 0 unspecified atom stereocenters. The normalized spacial score (nSPS) is 16.1. The summed E-state index contributed by atoms with van der Waals surface area (Å²) in [6.45, 7) is 1.38. The largest absolute Gasteiger partial charge is 0.457 e. The first kappa shape index (κ1) is 20.5. The van der Waals surface area contributed by atoms with E-state index in [1.807, 2.05) is 30.3 Å². The molecule has 0 radical (unpaired) electrons. The molecule has 2 aromatic heterocycles. The van der Waals surface area contributed by atoms with E-state index in [0.29, 0.717) is 51.1 Å². The predicted molar refractivity (Wildman–Crippen MR) is 123 cm³/mol. The molecular formula is C24H21ClN4O3. The van der Waals surface area contributed by atoms with Crippen molar-refractivity contribution in [1.29, 1.82) is 0 Å². The molecule has 1 aliphatic rings. The van der Waals surface area contributed by atoms with Gasteiger partial charge in [0, 0.05) is 24.4 Å². The van der Waals surface area contributed by atoms with Gasteiger partial charge in [0.2, 0.25) is 0 Å². The predicted octanol–water partition coefficient (Wildman–Crippen LogP) is 5.23. The number of benzene rings is 2. The van der Waals surface area contributed by atoms with Crippen LogP contribution in [0.1, 0.15) is 28.8 Å². The lowest BCUT2D eigenvalue weighted by molar-refractivity contribution is 0.0875. The van der Waals surface area contributed by atoms with Crippen molar-refractivity contribution in [2.45, 2.75) is 18.9 Å². The molecule has 0 saturated carbocycles. The smallest absolute Gasteiger partial charge is 0.196 e. The van der Waals surface area contributed by atoms with Crippen molar-refractivity contribution in [1.82, 2.24) is 15.0 Å². The number of carbonyl (C=O) groups is 1. The van der Waals surface area contributed by atoms with E-state index in [4.69, 9.17) is 21.1 Å². The highest BCUT2D eigenvalue weighted by atomic mass is 35.5. The second kappa shape index (κ2) is 8.98. The van der Waals surface area contributed by atoms with Crippen molar-refractivity contribution in [2.24, 2.45) is 0 Å². The van der Waals surface area contributed by atoms with Gasteiger partial charge < -0.3 is 19.8 Å². The summed E-state index contributed by atoms with van der Waals surface area (Å²) in [5.41, 5.74) is 1.42. The first-order valence-electron chi connectivity index (χ1n) is 10.4. The number of hydrogen-bond acceptors (Lipinski definition) is 6. The zero-order chi connectivity index (χ0) is 21.9. The van der Waals surface area contributed by atoms with Gasteiger partial charge in [0.25, 0.3) is 0 Å². The van der Waals surface area contributed by atoms with Crippen molar-refractivity contribution < 1.29 is 14.3 Å². The number of anilines is 1. The molecule has 2 aromatic carbocycles. The zero-order valence-electron chi connectivity index (χ0n) is 17.2. The monoisotopic (exact) mass is 448 g/mol. The third-order valence-corrected chi connectivity index (χ3v) is 5.69. The Morgan fingerprint density at radius 2 is 2.00 bits per heavy atom. The summed E-state index contributed by atoms with van der Waals surface area (Å²) in [5, 5.41) is 4.36. The lowest BCUT2D eigenvalue weighted by Gasteiger charge is -2.23. The zero-order valence-corrected chi connectivity index (χ0v) is 17.9.